The molecule has 0 saturated heterocycles. The standard InChI is InChI=1S/C19H16Cl2N4/c1-11-7-12(2)24-19(23-11)25-18-14(3-4-15(18)10-22-25)8-13-5-6-16(20)9-17(13)21/h5-10H,3-4H2,1-2H3. The van der Waals surface area contributed by atoms with Crippen LogP contribution in [-0.4, -0.2) is 19.7 Å². The zero-order valence-corrected chi connectivity index (χ0v) is 15.4. The van der Waals surface area contributed by atoms with Gasteiger partial charge < -0.3 is 0 Å². The Kier molecular flexibility index (Phi) is 4.10. The summed E-state index contributed by atoms with van der Waals surface area (Å²) in [6.07, 6.45) is 5.90. The number of hydrogen-bond acceptors (Lipinski definition) is 3. The molecule has 1 aliphatic rings. The Balaban J connectivity index is 1.82. The van der Waals surface area contributed by atoms with Gasteiger partial charge in [-0.2, -0.15) is 9.78 Å². The summed E-state index contributed by atoms with van der Waals surface area (Å²) in [5.41, 5.74) is 6.25. The predicted octanol–water partition coefficient (Wildman–Crippen LogP) is 5.07. The minimum absolute atomic E-state index is 0.605. The van der Waals surface area contributed by atoms with Crippen LogP contribution in [0.15, 0.2) is 30.5 Å². The lowest BCUT2D eigenvalue weighted by Crippen LogP contribution is -2.07. The van der Waals surface area contributed by atoms with Gasteiger partial charge in [-0.05, 0) is 67.7 Å². The van der Waals surface area contributed by atoms with Gasteiger partial charge in [0.15, 0.2) is 0 Å². The van der Waals surface area contributed by atoms with Gasteiger partial charge in [0, 0.05) is 21.4 Å². The van der Waals surface area contributed by atoms with Gasteiger partial charge in [-0.3, -0.25) is 0 Å². The molecule has 0 saturated carbocycles. The van der Waals surface area contributed by atoms with Gasteiger partial charge in [-0.1, -0.05) is 29.3 Å². The van der Waals surface area contributed by atoms with Crippen molar-refractivity contribution in [2.24, 2.45) is 0 Å². The zero-order chi connectivity index (χ0) is 17.6. The number of hydrogen-bond donors (Lipinski definition) is 0. The summed E-state index contributed by atoms with van der Waals surface area (Å²) in [5.74, 6) is 0.605. The fourth-order valence-electron chi connectivity index (χ4n) is 3.20. The minimum atomic E-state index is 0.605. The van der Waals surface area contributed by atoms with Crippen molar-refractivity contribution in [3.05, 3.63) is 68.7 Å². The highest BCUT2D eigenvalue weighted by molar-refractivity contribution is 6.35. The lowest BCUT2D eigenvalue weighted by molar-refractivity contribution is 0.784. The Morgan fingerprint density at radius 3 is 2.52 bits per heavy atom. The van der Waals surface area contributed by atoms with Gasteiger partial charge in [-0.15, -0.1) is 0 Å². The van der Waals surface area contributed by atoms with Crippen LogP contribution >= 0.6 is 23.2 Å². The number of halogens is 2. The highest BCUT2D eigenvalue weighted by Crippen LogP contribution is 2.36. The second kappa shape index (κ2) is 6.28. The van der Waals surface area contributed by atoms with Crippen molar-refractivity contribution >= 4 is 34.9 Å². The Morgan fingerprint density at radius 1 is 1.04 bits per heavy atom. The lowest BCUT2D eigenvalue weighted by atomic mass is 10.1. The number of aryl methyl sites for hydroxylation is 3. The Bertz CT molecular complexity index is 984. The van der Waals surface area contributed by atoms with Crippen LogP contribution in [0.2, 0.25) is 10.0 Å². The van der Waals surface area contributed by atoms with Crippen molar-refractivity contribution in [3.8, 4) is 5.95 Å². The normalized spacial score (nSPS) is 15.0. The van der Waals surface area contributed by atoms with E-state index in [2.05, 4.69) is 21.1 Å². The molecule has 25 heavy (non-hydrogen) atoms. The average molecular weight is 371 g/mol. The van der Waals surface area contributed by atoms with Gasteiger partial charge in [0.05, 0.1) is 11.9 Å². The molecule has 0 radical (unpaired) electrons. The number of nitrogens with zero attached hydrogens (tertiary/aromatic N) is 4. The molecule has 1 aromatic carbocycles. The van der Waals surface area contributed by atoms with Crippen LogP contribution in [0.3, 0.4) is 0 Å². The van der Waals surface area contributed by atoms with Gasteiger partial charge in [0.1, 0.15) is 0 Å². The molecule has 0 amide bonds. The second-order valence-electron chi connectivity index (χ2n) is 6.22. The third-order valence-corrected chi connectivity index (χ3v) is 4.83. The summed E-state index contributed by atoms with van der Waals surface area (Å²) in [4.78, 5) is 9.09. The van der Waals surface area contributed by atoms with Gasteiger partial charge in [0.2, 0.25) is 0 Å². The van der Waals surface area contributed by atoms with Gasteiger partial charge >= 0.3 is 0 Å². The molecule has 4 nitrogen and oxygen atoms in total. The van der Waals surface area contributed by atoms with E-state index in [0.717, 1.165) is 35.5 Å². The summed E-state index contributed by atoms with van der Waals surface area (Å²) in [5, 5.41) is 5.79. The predicted molar refractivity (Wildman–Crippen MR) is 101 cm³/mol. The summed E-state index contributed by atoms with van der Waals surface area (Å²) in [6, 6.07) is 7.50. The average Bonchev–Trinajstić information content (AvgIpc) is 3.12. The van der Waals surface area contributed by atoms with Crippen LogP contribution in [-0.2, 0) is 6.42 Å². The summed E-state index contributed by atoms with van der Waals surface area (Å²) < 4.78 is 1.83. The number of benzene rings is 1. The lowest BCUT2D eigenvalue weighted by Gasteiger charge is -2.08. The molecule has 0 bridgehead atoms. The maximum absolute atomic E-state index is 6.33. The molecular formula is C19H16Cl2N4. The third-order valence-electron chi connectivity index (χ3n) is 4.27. The monoisotopic (exact) mass is 370 g/mol. The molecule has 126 valence electrons. The molecule has 1 aliphatic carbocycles. The van der Waals surface area contributed by atoms with Crippen LogP contribution in [0.4, 0.5) is 0 Å². The molecule has 0 aliphatic heterocycles. The van der Waals surface area contributed by atoms with Crippen molar-refractivity contribution in [1.82, 2.24) is 19.7 Å². The smallest absolute Gasteiger partial charge is 0.216 e. The van der Waals surface area contributed by atoms with E-state index in [1.54, 1.807) is 6.07 Å². The quantitative estimate of drug-likeness (QED) is 0.632. The molecule has 0 atom stereocenters. The first kappa shape index (κ1) is 16.3. The maximum atomic E-state index is 6.33. The number of rotatable bonds is 2. The van der Waals surface area contributed by atoms with Gasteiger partial charge in [0.25, 0.3) is 5.95 Å². The SMILES string of the molecule is Cc1cc(C)nc(-n2ncc3c2C(=Cc2ccc(Cl)cc2Cl)CC3)n1. The Hall–Kier alpha value is -2.17. The van der Waals surface area contributed by atoms with Gasteiger partial charge in [-0.25, -0.2) is 9.97 Å². The molecule has 6 heteroatoms. The van der Waals surface area contributed by atoms with E-state index in [0.29, 0.717) is 16.0 Å². The van der Waals surface area contributed by atoms with E-state index in [1.807, 2.05) is 42.9 Å². The van der Waals surface area contributed by atoms with E-state index in [1.165, 1.54) is 11.1 Å². The Morgan fingerprint density at radius 2 is 1.80 bits per heavy atom. The van der Waals surface area contributed by atoms with E-state index in [4.69, 9.17) is 23.2 Å². The summed E-state index contributed by atoms with van der Waals surface area (Å²) >= 11 is 12.3. The minimum Gasteiger partial charge on any atom is -0.216 e. The second-order valence-corrected chi connectivity index (χ2v) is 7.06. The maximum Gasteiger partial charge on any atom is 0.251 e. The first-order valence-corrected chi connectivity index (χ1v) is 8.82. The van der Waals surface area contributed by atoms with Crippen LogP contribution < -0.4 is 0 Å². The summed E-state index contributed by atoms with van der Waals surface area (Å²) in [6.45, 7) is 3.93. The van der Waals surface area contributed by atoms with E-state index in [9.17, 15) is 0 Å². The van der Waals surface area contributed by atoms with Crippen molar-refractivity contribution in [3.63, 3.8) is 0 Å². The molecule has 4 rings (SSSR count). The first-order chi connectivity index (χ1) is 12.0. The van der Waals surface area contributed by atoms with Crippen LogP contribution in [0.25, 0.3) is 17.6 Å². The van der Waals surface area contributed by atoms with Crippen molar-refractivity contribution in [2.75, 3.05) is 0 Å². The third kappa shape index (κ3) is 3.08. The van der Waals surface area contributed by atoms with Crippen molar-refractivity contribution in [2.45, 2.75) is 26.7 Å². The van der Waals surface area contributed by atoms with Crippen LogP contribution in [0.1, 0.15) is 34.6 Å². The topological polar surface area (TPSA) is 43.6 Å². The van der Waals surface area contributed by atoms with E-state index in [-0.39, 0.29) is 0 Å². The fourth-order valence-corrected chi connectivity index (χ4v) is 3.66. The van der Waals surface area contributed by atoms with E-state index < -0.39 is 0 Å². The highest BCUT2D eigenvalue weighted by Gasteiger charge is 2.24. The molecule has 2 aromatic heterocycles. The molecule has 0 N–H and O–H groups in total. The fraction of sp³-hybridized carbons (Fsp3) is 0.211. The van der Waals surface area contributed by atoms with Crippen LogP contribution in [0, 0.1) is 13.8 Å². The molecule has 0 spiro atoms. The molecule has 3 aromatic rings. The number of aromatic nitrogens is 4. The molecule has 0 fully saturated rings. The molecular weight excluding hydrogens is 355 g/mol. The largest absolute Gasteiger partial charge is 0.251 e. The zero-order valence-electron chi connectivity index (χ0n) is 13.9. The Labute approximate surface area is 156 Å². The number of allylic oxidation sites excluding steroid dienone is 1. The first-order valence-electron chi connectivity index (χ1n) is 8.07. The van der Waals surface area contributed by atoms with Crippen molar-refractivity contribution < 1.29 is 0 Å². The molecule has 0 unspecified atom stereocenters. The highest BCUT2D eigenvalue weighted by atomic mass is 35.5. The molecule has 2 heterocycles. The van der Waals surface area contributed by atoms with E-state index >= 15 is 0 Å². The number of fused-ring (bicyclic) bond motifs is 1. The van der Waals surface area contributed by atoms with Crippen LogP contribution in [0.5, 0.6) is 0 Å². The summed E-state index contributed by atoms with van der Waals surface area (Å²) in [7, 11) is 0. The van der Waals surface area contributed by atoms with Crippen molar-refractivity contribution in [1.29, 1.82) is 0 Å².